The first-order chi connectivity index (χ1) is 6.15. The molecule has 5 heteroatoms. The second-order valence-electron chi connectivity index (χ2n) is 2.63. The van der Waals surface area contributed by atoms with Crippen LogP contribution in [0.4, 0.5) is 9.57 Å². The Labute approximate surface area is 79.4 Å². The maximum Gasteiger partial charge on any atom is 0.272 e. The normalized spacial score (nSPS) is 10.0. The van der Waals surface area contributed by atoms with Crippen LogP contribution in [-0.2, 0) is 5.75 Å². The minimum absolute atomic E-state index is 0.0477. The van der Waals surface area contributed by atoms with E-state index in [0.29, 0.717) is 11.1 Å². The number of hydrogen-bond donors (Lipinski definition) is 0. The van der Waals surface area contributed by atoms with Crippen LogP contribution in [0.5, 0.6) is 0 Å². The smallest absolute Gasteiger partial charge is 0.258 e. The SMILES string of the molecule is Cc1ccc(CSF)cc1[N+](=O)[O-]. The van der Waals surface area contributed by atoms with Gasteiger partial charge in [-0.05, 0) is 12.5 Å². The molecule has 1 aromatic rings. The van der Waals surface area contributed by atoms with Crippen LogP contribution < -0.4 is 0 Å². The molecule has 0 aliphatic heterocycles. The minimum atomic E-state index is -0.457. The van der Waals surface area contributed by atoms with Crippen LogP contribution in [0.15, 0.2) is 18.2 Å². The molecule has 0 heterocycles. The highest BCUT2D eigenvalue weighted by Gasteiger charge is 2.10. The fraction of sp³-hybridized carbons (Fsp3) is 0.250. The van der Waals surface area contributed by atoms with E-state index in [4.69, 9.17) is 0 Å². The third-order valence-corrected chi connectivity index (χ3v) is 2.13. The van der Waals surface area contributed by atoms with E-state index in [1.807, 2.05) is 0 Å². The van der Waals surface area contributed by atoms with Crippen LogP contribution in [-0.4, -0.2) is 4.92 Å². The van der Waals surface area contributed by atoms with Crippen molar-refractivity contribution >= 4 is 17.8 Å². The van der Waals surface area contributed by atoms with Gasteiger partial charge in [0.25, 0.3) is 5.69 Å². The van der Waals surface area contributed by atoms with Crippen molar-refractivity contribution in [3.63, 3.8) is 0 Å². The minimum Gasteiger partial charge on any atom is -0.258 e. The highest BCUT2D eigenvalue weighted by Crippen LogP contribution is 2.22. The molecular formula is C8H8FNO2S. The Kier molecular flexibility index (Phi) is 3.25. The number of rotatable bonds is 3. The third-order valence-electron chi connectivity index (χ3n) is 1.69. The van der Waals surface area contributed by atoms with Gasteiger partial charge in [0.05, 0.1) is 10.7 Å². The molecule has 0 saturated carbocycles. The third kappa shape index (κ3) is 2.42. The molecule has 70 valence electrons. The van der Waals surface area contributed by atoms with E-state index in [2.05, 4.69) is 0 Å². The van der Waals surface area contributed by atoms with E-state index < -0.39 is 4.92 Å². The van der Waals surface area contributed by atoms with Gasteiger partial charge in [0.15, 0.2) is 0 Å². The van der Waals surface area contributed by atoms with Crippen molar-refractivity contribution in [1.82, 2.24) is 0 Å². The van der Waals surface area contributed by atoms with Gasteiger partial charge in [0.2, 0.25) is 0 Å². The van der Waals surface area contributed by atoms with Crippen molar-refractivity contribution in [1.29, 1.82) is 0 Å². The molecule has 0 spiro atoms. The molecule has 0 atom stereocenters. The molecule has 0 radical (unpaired) electrons. The first kappa shape index (κ1) is 9.98. The predicted molar refractivity (Wildman–Crippen MR) is 50.2 cm³/mol. The van der Waals surface area contributed by atoms with Gasteiger partial charge in [-0.15, -0.1) is 0 Å². The number of aryl methyl sites for hydroxylation is 1. The summed E-state index contributed by atoms with van der Waals surface area (Å²) in [6.45, 7) is 1.66. The Morgan fingerprint density at radius 3 is 2.85 bits per heavy atom. The molecule has 0 aliphatic rings. The lowest BCUT2D eigenvalue weighted by atomic mass is 10.1. The monoisotopic (exact) mass is 201 g/mol. The van der Waals surface area contributed by atoms with E-state index in [9.17, 15) is 14.0 Å². The summed E-state index contributed by atoms with van der Waals surface area (Å²) in [5.74, 6) is 0.154. The van der Waals surface area contributed by atoms with Crippen LogP contribution in [0.1, 0.15) is 11.1 Å². The van der Waals surface area contributed by atoms with Crippen molar-refractivity contribution in [3.05, 3.63) is 39.4 Å². The Balaban J connectivity index is 3.04. The summed E-state index contributed by atoms with van der Waals surface area (Å²) in [5, 5.41) is 10.5. The molecule has 0 fully saturated rings. The van der Waals surface area contributed by atoms with Crippen molar-refractivity contribution in [2.24, 2.45) is 0 Å². The number of nitrogens with zero attached hydrogens (tertiary/aromatic N) is 1. The topological polar surface area (TPSA) is 43.1 Å². The molecular weight excluding hydrogens is 193 g/mol. The summed E-state index contributed by atoms with van der Waals surface area (Å²) in [7, 11) is 0. The molecule has 0 bridgehead atoms. The van der Waals surface area contributed by atoms with E-state index in [1.54, 1.807) is 19.1 Å². The van der Waals surface area contributed by atoms with Crippen LogP contribution in [0.25, 0.3) is 0 Å². The van der Waals surface area contributed by atoms with Gasteiger partial charge >= 0.3 is 0 Å². The van der Waals surface area contributed by atoms with Crippen LogP contribution >= 0.6 is 12.1 Å². The number of hydrogen-bond acceptors (Lipinski definition) is 3. The van der Waals surface area contributed by atoms with Gasteiger partial charge < -0.3 is 0 Å². The number of benzene rings is 1. The molecule has 1 aromatic carbocycles. The van der Waals surface area contributed by atoms with Crippen molar-refractivity contribution in [3.8, 4) is 0 Å². The van der Waals surface area contributed by atoms with Gasteiger partial charge in [-0.1, -0.05) is 12.1 Å². The second-order valence-corrected chi connectivity index (χ2v) is 3.14. The van der Waals surface area contributed by atoms with Gasteiger partial charge in [-0.25, -0.2) is 0 Å². The molecule has 1 rings (SSSR count). The van der Waals surface area contributed by atoms with Crippen LogP contribution in [0.3, 0.4) is 0 Å². The average molecular weight is 201 g/mol. The van der Waals surface area contributed by atoms with Crippen LogP contribution in [0.2, 0.25) is 0 Å². The summed E-state index contributed by atoms with van der Waals surface area (Å²) in [5.41, 5.74) is 1.27. The van der Waals surface area contributed by atoms with Crippen molar-refractivity contribution in [2.75, 3.05) is 0 Å². The summed E-state index contributed by atoms with van der Waals surface area (Å²) in [6.07, 6.45) is 0. The van der Waals surface area contributed by atoms with E-state index in [0.717, 1.165) is 0 Å². The Hall–Kier alpha value is -1.10. The lowest BCUT2D eigenvalue weighted by molar-refractivity contribution is -0.385. The Morgan fingerprint density at radius 2 is 2.31 bits per heavy atom. The van der Waals surface area contributed by atoms with Crippen LogP contribution in [0, 0.1) is 17.0 Å². The fourth-order valence-electron chi connectivity index (χ4n) is 1.00. The first-order valence-electron chi connectivity index (χ1n) is 3.62. The highest BCUT2D eigenvalue weighted by molar-refractivity contribution is 7.93. The molecule has 13 heavy (non-hydrogen) atoms. The molecule has 3 nitrogen and oxygen atoms in total. The summed E-state index contributed by atoms with van der Waals surface area (Å²) in [4.78, 5) is 10.0. The summed E-state index contributed by atoms with van der Waals surface area (Å²) < 4.78 is 11.9. The van der Waals surface area contributed by atoms with E-state index in [-0.39, 0.29) is 23.6 Å². The molecule has 0 aliphatic carbocycles. The Bertz CT molecular complexity index is 330. The van der Waals surface area contributed by atoms with Gasteiger partial charge in [-0.2, -0.15) is 3.89 Å². The zero-order chi connectivity index (χ0) is 9.84. The molecule has 0 aromatic heterocycles. The van der Waals surface area contributed by atoms with Crippen molar-refractivity contribution in [2.45, 2.75) is 12.7 Å². The van der Waals surface area contributed by atoms with E-state index >= 15 is 0 Å². The van der Waals surface area contributed by atoms with Gasteiger partial charge in [0, 0.05) is 23.8 Å². The summed E-state index contributed by atoms with van der Waals surface area (Å²) >= 11 is 0.158. The highest BCUT2D eigenvalue weighted by atomic mass is 32.2. The molecule has 0 amide bonds. The first-order valence-corrected chi connectivity index (χ1v) is 4.51. The zero-order valence-electron chi connectivity index (χ0n) is 6.99. The number of nitro benzene ring substituents is 1. The average Bonchev–Trinajstić information content (AvgIpc) is 2.08. The maximum absolute atomic E-state index is 11.9. The van der Waals surface area contributed by atoms with Crippen molar-refractivity contribution < 1.29 is 8.81 Å². The second kappa shape index (κ2) is 4.23. The van der Waals surface area contributed by atoms with Gasteiger partial charge in [-0.3, -0.25) is 10.1 Å². The predicted octanol–water partition coefficient (Wildman–Crippen LogP) is 3.02. The zero-order valence-corrected chi connectivity index (χ0v) is 7.81. The largest absolute Gasteiger partial charge is 0.272 e. The fourth-order valence-corrected chi connectivity index (χ4v) is 1.31. The number of nitro groups is 1. The summed E-state index contributed by atoms with van der Waals surface area (Å²) in [6, 6.07) is 4.72. The number of halogens is 1. The Morgan fingerprint density at radius 1 is 1.62 bits per heavy atom. The lowest BCUT2D eigenvalue weighted by Crippen LogP contribution is -1.92. The van der Waals surface area contributed by atoms with E-state index in [1.165, 1.54) is 6.07 Å². The lowest BCUT2D eigenvalue weighted by Gasteiger charge is -1.99. The molecule has 0 unspecified atom stereocenters. The quantitative estimate of drug-likeness (QED) is 0.557. The van der Waals surface area contributed by atoms with Gasteiger partial charge in [0.1, 0.15) is 0 Å². The standard InChI is InChI=1S/C8H8FNO2S/c1-6-2-3-7(5-13-9)4-8(6)10(11)12/h2-4H,5H2,1H3. The molecule has 0 N–H and O–H groups in total. The molecule has 0 saturated heterocycles. The maximum atomic E-state index is 11.9.